The minimum Gasteiger partial charge on any atom is -0.436 e. The van der Waals surface area contributed by atoms with Crippen LogP contribution in [0.5, 0.6) is 0 Å². The van der Waals surface area contributed by atoms with Gasteiger partial charge in [0, 0.05) is 9.26 Å². The lowest BCUT2D eigenvalue weighted by Crippen LogP contribution is -2.14. The molecule has 0 saturated carbocycles. The van der Waals surface area contributed by atoms with Crippen LogP contribution in [-0.2, 0) is 4.74 Å². The fourth-order valence-corrected chi connectivity index (χ4v) is 1.49. The number of ether oxygens (including phenoxy) is 1. The van der Waals surface area contributed by atoms with Gasteiger partial charge >= 0.3 is 6.09 Å². The van der Waals surface area contributed by atoms with Crippen molar-refractivity contribution in [1.82, 2.24) is 0 Å². The van der Waals surface area contributed by atoms with E-state index in [1.165, 1.54) is 0 Å². The molecule has 78 valence electrons. The van der Waals surface area contributed by atoms with Crippen molar-refractivity contribution in [2.24, 2.45) is 0 Å². The summed E-state index contributed by atoms with van der Waals surface area (Å²) in [6.07, 6.45) is 4.44. The summed E-state index contributed by atoms with van der Waals surface area (Å²) in [6.45, 7) is 1.91. The second kappa shape index (κ2) is 5.61. The van der Waals surface area contributed by atoms with E-state index in [9.17, 15) is 4.79 Å². The number of anilines is 1. The summed E-state index contributed by atoms with van der Waals surface area (Å²) in [5.74, 6) is 2.23. The number of halogens is 1. The molecule has 0 atom stereocenters. The summed E-state index contributed by atoms with van der Waals surface area (Å²) in [6, 6.07) is 5.65. The van der Waals surface area contributed by atoms with Gasteiger partial charge in [-0.05, 0) is 47.2 Å². The molecular formula is C11H10INO2. The third kappa shape index (κ3) is 3.44. The summed E-state index contributed by atoms with van der Waals surface area (Å²) in [5.41, 5.74) is 1.75. The molecule has 0 bridgehead atoms. The van der Waals surface area contributed by atoms with Crippen LogP contribution in [0.15, 0.2) is 18.2 Å². The van der Waals surface area contributed by atoms with Crippen molar-refractivity contribution < 1.29 is 9.53 Å². The first-order chi connectivity index (χ1) is 7.15. The van der Waals surface area contributed by atoms with Crippen LogP contribution in [0.2, 0.25) is 0 Å². The first-order valence-electron chi connectivity index (χ1n) is 4.27. The van der Waals surface area contributed by atoms with Gasteiger partial charge in [-0.3, -0.25) is 5.32 Å². The van der Waals surface area contributed by atoms with Crippen LogP contribution in [0.3, 0.4) is 0 Å². The lowest BCUT2D eigenvalue weighted by atomic mass is 10.2. The van der Waals surface area contributed by atoms with E-state index in [1.807, 2.05) is 25.1 Å². The zero-order chi connectivity index (χ0) is 11.3. The van der Waals surface area contributed by atoms with Gasteiger partial charge < -0.3 is 4.74 Å². The van der Waals surface area contributed by atoms with Crippen LogP contribution in [-0.4, -0.2) is 12.7 Å². The van der Waals surface area contributed by atoms with Gasteiger partial charge in [-0.1, -0.05) is 12.0 Å². The highest BCUT2D eigenvalue weighted by Gasteiger charge is 2.06. The maximum atomic E-state index is 11.2. The normalized spacial score (nSPS) is 9.13. The molecule has 0 radical (unpaired) electrons. The van der Waals surface area contributed by atoms with E-state index in [-0.39, 0.29) is 6.61 Å². The molecule has 1 aromatic carbocycles. The largest absolute Gasteiger partial charge is 0.436 e. The summed E-state index contributed by atoms with van der Waals surface area (Å²) >= 11 is 2.20. The molecule has 0 spiro atoms. The van der Waals surface area contributed by atoms with E-state index in [0.29, 0.717) is 0 Å². The first kappa shape index (κ1) is 11.9. The highest BCUT2D eigenvalue weighted by Crippen LogP contribution is 2.20. The van der Waals surface area contributed by atoms with Gasteiger partial charge in [0.15, 0.2) is 6.61 Å². The van der Waals surface area contributed by atoms with Gasteiger partial charge in [0.05, 0.1) is 0 Å². The van der Waals surface area contributed by atoms with Gasteiger partial charge in [0.25, 0.3) is 0 Å². The minimum atomic E-state index is -0.530. The topological polar surface area (TPSA) is 38.3 Å². The third-order valence-electron chi connectivity index (χ3n) is 1.79. The van der Waals surface area contributed by atoms with Crippen LogP contribution >= 0.6 is 22.6 Å². The van der Waals surface area contributed by atoms with Crippen LogP contribution < -0.4 is 5.32 Å². The average Bonchev–Trinajstić information content (AvgIpc) is 2.22. The first-order valence-corrected chi connectivity index (χ1v) is 5.35. The monoisotopic (exact) mass is 315 g/mol. The van der Waals surface area contributed by atoms with Crippen LogP contribution in [0, 0.1) is 22.8 Å². The Kier molecular flexibility index (Phi) is 4.43. The predicted molar refractivity (Wildman–Crippen MR) is 67.7 cm³/mol. The molecule has 1 N–H and O–H groups in total. The molecule has 3 nitrogen and oxygen atoms in total. The Hall–Kier alpha value is -1.22. The highest BCUT2D eigenvalue weighted by molar-refractivity contribution is 14.1. The maximum Gasteiger partial charge on any atom is 0.412 e. The van der Waals surface area contributed by atoms with Gasteiger partial charge in [0.1, 0.15) is 0 Å². The number of rotatable bonds is 2. The van der Waals surface area contributed by atoms with Crippen molar-refractivity contribution in [2.45, 2.75) is 6.92 Å². The Balaban J connectivity index is 2.69. The molecule has 0 saturated heterocycles. The van der Waals surface area contributed by atoms with Crippen molar-refractivity contribution >= 4 is 34.4 Å². The number of carbonyl (C=O) groups is 1. The van der Waals surface area contributed by atoms with Crippen molar-refractivity contribution in [3.8, 4) is 12.3 Å². The van der Waals surface area contributed by atoms with Gasteiger partial charge in [-0.2, -0.15) is 0 Å². The minimum absolute atomic E-state index is 0.0190. The molecular weight excluding hydrogens is 305 g/mol. The van der Waals surface area contributed by atoms with E-state index in [4.69, 9.17) is 11.2 Å². The lowest BCUT2D eigenvalue weighted by Gasteiger charge is -2.08. The van der Waals surface area contributed by atoms with Crippen molar-refractivity contribution in [3.05, 3.63) is 27.3 Å². The molecule has 0 aromatic heterocycles. The third-order valence-corrected chi connectivity index (χ3v) is 2.96. The zero-order valence-corrected chi connectivity index (χ0v) is 10.4. The number of hydrogen-bond acceptors (Lipinski definition) is 2. The Morgan fingerprint density at radius 2 is 2.40 bits per heavy atom. The predicted octanol–water partition coefficient (Wildman–Crippen LogP) is 2.78. The number of hydrogen-bond donors (Lipinski definition) is 1. The van der Waals surface area contributed by atoms with E-state index >= 15 is 0 Å². The van der Waals surface area contributed by atoms with Gasteiger partial charge in [-0.25, -0.2) is 4.79 Å². The fourth-order valence-electron chi connectivity index (χ4n) is 0.996. The van der Waals surface area contributed by atoms with Crippen LogP contribution in [0.4, 0.5) is 10.5 Å². The number of nitrogens with one attached hydrogen (secondary N) is 1. The van der Waals surface area contributed by atoms with E-state index in [1.54, 1.807) is 0 Å². The van der Waals surface area contributed by atoms with Gasteiger partial charge in [0.2, 0.25) is 0 Å². The smallest absolute Gasteiger partial charge is 0.412 e. The second-order valence-electron chi connectivity index (χ2n) is 2.82. The quantitative estimate of drug-likeness (QED) is 0.673. The molecule has 1 aromatic rings. The van der Waals surface area contributed by atoms with Crippen molar-refractivity contribution in [1.29, 1.82) is 0 Å². The molecule has 1 rings (SSSR count). The number of amides is 1. The van der Waals surface area contributed by atoms with E-state index < -0.39 is 6.09 Å². The maximum absolute atomic E-state index is 11.2. The van der Waals surface area contributed by atoms with E-state index in [0.717, 1.165) is 14.8 Å². The fraction of sp³-hybridized carbons (Fsp3) is 0.182. The second-order valence-corrected chi connectivity index (χ2v) is 3.98. The molecule has 1 amide bonds. The van der Waals surface area contributed by atoms with Crippen molar-refractivity contribution in [2.75, 3.05) is 11.9 Å². The Bertz CT molecular complexity index is 410. The SMILES string of the molecule is C#CCOC(=O)Nc1cccc(I)c1C. The molecule has 4 heteroatoms. The van der Waals surface area contributed by atoms with E-state index in [2.05, 4.69) is 33.8 Å². The molecule has 0 fully saturated rings. The number of benzene rings is 1. The Morgan fingerprint density at radius 3 is 3.07 bits per heavy atom. The summed E-state index contributed by atoms with van der Waals surface area (Å²) < 4.78 is 5.79. The standard InChI is InChI=1S/C11H10INO2/c1-3-7-15-11(14)13-10-6-4-5-9(12)8(10)2/h1,4-6H,7H2,2H3,(H,13,14). The molecule has 0 aliphatic carbocycles. The number of carbonyl (C=O) groups excluding carboxylic acids is 1. The lowest BCUT2D eigenvalue weighted by molar-refractivity contribution is 0.176. The average molecular weight is 315 g/mol. The van der Waals surface area contributed by atoms with Crippen LogP contribution in [0.25, 0.3) is 0 Å². The molecule has 0 unspecified atom stereocenters. The zero-order valence-electron chi connectivity index (χ0n) is 8.21. The molecule has 0 aliphatic heterocycles. The highest BCUT2D eigenvalue weighted by atomic mass is 127. The van der Waals surface area contributed by atoms with Crippen LogP contribution in [0.1, 0.15) is 5.56 Å². The molecule has 0 aliphatic rings. The van der Waals surface area contributed by atoms with Gasteiger partial charge in [-0.15, -0.1) is 6.42 Å². The Labute approximate surface area is 102 Å². The Morgan fingerprint density at radius 1 is 1.67 bits per heavy atom. The summed E-state index contributed by atoms with van der Waals surface area (Å²) in [7, 11) is 0. The van der Waals surface area contributed by atoms with Crippen molar-refractivity contribution in [3.63, 3.8) is 0 Å². The summed E-state index contributed by atoms with van der Waals surface area (Å²) in [4.78, 5) is 11.2. The summed E-state index contributed by atoms with van der Waals surface area (Å²) in [5, 5.41) is 2.62. The number of terminal acetylenes is 1. The molecule has 0 heterocycles. The molecule has 15 heavy (non-hydrogen) atoms.